The number of hydrogen-bond acceptors (Lipinski definition) is 7. The molecular weight excluding hydrogens is 288 g/mol. The van der Waals surface area contributed by atoms with Crippen LogP contribution in [-0.2, 0) is 6.54 Å². The van der Waals surface area contributed by atoms with Gasteiger partial charge in [0, 0.05) is 5.10 Å². The van der Waals surface area contributed by atoms with E-state index in [1.54, 1.807) is 35.1 Å². The maximum Gasteiger partial charge on any atom is 0.490 e. The first-order valence-electron chi connectivity index (χ1n) is 6.11. The van der Waals surface area contributed by atoms with Crippen LogP contribution >= 0.6 is 0 Å². The molecule has 10 heteroatoms. The number of nitrogens with zero attached hydrogens (tertiary/aromatic N) is 8. The van der Waals surface area contributed by atoms with Crippen LogP contribution in [0.4, 0.5) is 5.95 Å². The molecule has 0 saturated heterocycles. The van der Waals surface area contributed by atoms with Gasteiger partial charge in [0.05, 0.1) is 23.5 Å². The van der Waals surface area contributed by atoms with E-state index in [4.69, 9.17) is 5.26 Å². The zero-order valence-electron chi connectivity index (χ0n) is 11.1. The molecule has 10 nitrogen and oxygen atoms in total. The summed E-state index contributed by atoms with van der Waals surface area (Å²) in [4.78, 5) is 13.4. The van der Waals surface area contributed by atoms with E-state index in [9.17, 15) is 10.1 Å². The minimum absolute atomic E-state index is 0.219. The van der Waals surface area contributed by atoms with Crippen LogP contribution in [0.15, 0.2) is 36.8 Å². The summed E-state index contributed by atoms with van der Waals surface area (Å²) >= 11 is 0. The second-order valence-corrected chi connectivity index (χ2v) is 4.31. The molecule has 0 atom stereocenters. The van der Waals surface area contributed by atoms with Gasteiger partial charge in [0.15, 0.2) is 0 Å². The molecule has 0 aliphatic rings. The Hall–Kier alpha value is -3.61. The minimum Gasteiger partial charge on any atom is -0.390 e. The van der Waals surface area contributed by atoms with Crippen LogP contribution in [0, 0.1) is 21.4 Å². The summed E-state index contributed by atoms with van der Waals surface area (Å²) in [6, 6.07) is 8.89. The summed E-state index contributed by atoms with van der Waals surface area (Å²) in [5.74, 6) is -0.459. The fraction of sp³-hybridized carbons (Fsp3) is 0.0833. The molecule has 0 fully saturated rings. The monoisotopic (exact) mass is 296 g/mol. The average molecular weight is 296 g/mol. The highest BCUT2D eigenvalue weighted by Crippen LogP contribution is 2.09. The first kappa shape index (κ1) is 13.4. The van der Waals surface area contributed by atoms with Gasteiger partial charge in [-0.15, -0.1) is 5.10 Å². The van der Waals surface area contributed by atoms with Crippen LogP contribution in [-0.4, -0.2) is 34.7 Å². The van der Waals surface area contributed by atoms with Crippen molar-refractivity contribution in [2.24, 2.45) is 0 Å². The van der Waals surface area contributed by atoms with E-state index in [0.717, 1.165) is 5.69 Å². The van der Waals surface area contributed by atoms with Gasteiger partial charge in [0.25, 0.3) is 0 Å². The van der Waals surface area contributed by atoms with Crippen molar-refractivity contribution in [3.8, 4) is 11.8 Å². The molecule has 0 aliphatic heterocycles. The Bertz CT molecular complexity index is 858. The van der Waals surface area contributed by atoms with Crippen molar-refractivity contribution in [2.75, 3.05) is 0 Å². The number of hydrogen-bond donors (Lipinski definition) is 0. The number of nitro groups is 1. The van der Waals surface area contributed by atoms with Crippen molar-refractivity contribution in [1.82, 2.24) is 29.8 Å². The summed E-state index contributed by atoms with van der Waals surface area (Å²) in [5, 5.41) is 30.9. The Balaban J connectivity index is 1.78. The van der Waals surface area contributed by atoms with E-state index < -0.39 is 10.9 Å². The molecule has 0 saturated carbocycles. The summed E-state index contributed by atoms with van der Waals surface area (Å²) in [6.07, 6.45) is 2.94. The topological polar surface area (TPSA) is 128 Å². The highest BCUT2D eigenvalue weighted by Gasteiger charge is 2.14. The molecule has 1 aromatic carbocycles. The number of benzene rings is 1. The second kappa shape index (κ2) is 5.41. The van der Waals surface area contributed by atoms with E-state index in [-0.39, 0.29) is 6.54 Å². The van der Waals surface area contributed by atoms with Gasteiger partial charge in [-0.1, -0.05) is 10.2 Å². The SMILES string of the molecule is N#Cc1ccc(-n2cc(Cn3cnc([N+](=O)[O-])n3)nn2)cc1. The molecule has 0 unspecified atom stereocenters. The third-order valence-corrected chi connectivity index (χ3v) is 2.81. The maximum atomic E-state index is 10.5. The van der Waals surface area contributed by atoms with Gasteiger partial charge in [-0.3, -0.25) is 0 Å². The Morgan fingerprint density at radius 3 is 2.73 bits per heavy atom. The van der Waals surface area contributed by atoms with Gasteiger partial charge >= 0.3 is 5.95 Å². The normalized spacial score (nSPS) is 10.3. The lowest BCUT2D eigenvalue weighted by Gasteiger charge is -1.98. The van der Waals surface area contributed by atoms with Crippen LogP contribution in [0.25, 0.3) is 5.69 Å². The fourth-order valence-corrected chi connectivity index (χ4v) is 1.80. The molecule has 0 bridgehead atoms. The predicted molar refractivity (Wildman–Crippen MR) is 71.9 cm³/mol. The molecule has 0 aliphatic carbocycles. The fourth-order valence-electron chi connectivity index (χ4n) is 1.80. The van der Waals surface area contributed by atoms with Crippen LogP contribution < -0.4 is 0 Å². The largest absolute Gasteiger partial charge is 0.490 e. The summed E-state index contributed by atoms with van der Waals surface area (Å²) in [7, 11) is 0. The number of nitriles is 1. The van der Waals surface area contributed by atoms with E-state index in [1.165, 1.54) is 11.0 Å². The lowest BCUT2D eigenvalue weighted by atomic mass is 10.2. The molecule has 2 aromatic heterocycles. The molecule has 108 valence electrons. The van der Waals surface area contributed by atoms with Gasteiger partial charge in [0.2, 0.25) is 6.33 Å². The molecule has 0 radical (unpaired) electrons. The van der Waals surface area contributed by atoms with E-state index in [0.29, 0.717) is 11.3 Å². The van der Waals surface area contributed by atoms with E-state index >= 15 is 0 Å². The zero-order chi connectivity index (χ0) is 15.5. The third-order valence-electron chi connectivity index (χ3n) is 2.81. The van der Waals surface area contributed by atoms with Crippen LogP contribution in [0.5, 0.6) is 0 Å². The average Bonchev–Trinajstić information content (AvgIpc) is 3.17. The molecule has 2 heterocycles. The van der Waals surface area contributed by atoms with Gasteiger partial charge in [0.1, 0.15) is 12.2 Å². The lowest BCUT2D eigenvalue weighted by Crippen LogP contribution is -2.01. The Labute approximate surface area is 123 Å². The molecule has 3 aromatic rings. The van der Waals surface area contributed by atoms with Crippen molar-refractivity contribution in [3.05, 3.63) is 58.2 Å². The summed E-state index contributed by atoms with van der Waals surface area (Å²) in [6.45, 7) is 0.219. The first-order chi connectivity index (χ1) is 10.7. The van der Waals surface area contributed by atoms with Gasteiger partial charge < -0.3 is 10.1 Å². The quantitative estimate of drug-likeness (QED) is 0.511. The number of aromatic nitrogens is 6. The lowest BCUT2D eigenvalue weighted by molar-refractivity contribution is -0.394. The van der Waals surface area contributed by atoms with Crippen molar-refractivity contribution in [3.63, 3.8) is 0 Å². The van der Waals surface area contributed by atoms with Crippen molar-refractivity contribution >= 4 is 5.95 Å². The Kier molecular flexibility index (Phi) is 3.29. The standard InChI is InChI=1S/C12H8N8O2/c13-5-9-1-3-11(4-2-9)19-7-10(15-17-19)6-18-8-14-12(16-18)20(21)22/h1-4,7-8H,6H2. The Morgan fingerprint density at radius 1 is 1.32 bits per heavy atom. The molecular formula is C12H8N8O2. The van der Waals surface area contributed by atoms with Crippen LogP contribution in [0.1, 0.15) is 11.3 Å². The van der Waals surface area contributed by atoms with Crippen molar-refractivity contribution in [2.45, 2.75) is 6.54 Å². The number of rotatable bonds is 4. The predicted octanol–water partition coefficient (Wildman–Crippen LogP) is 0.687. The molecule has 3 rings (SSSR count). The van der Waals surface area contributed by atoms with Gasteiger partial charge in [-0.25, -0.2) is 4.68 Å². The van der Waals surface area contributed by atoms with E-state index in [1.807, 2.05) is 6.07 Å². The van der Waals surface area contributed by atoms with Crippen LogP contribution in [0.3, 0.4) is 0 Å². The molecule has 22 heavy (non-hydrogen) atoms. The van der Waals surface area contributed by atoms with Crippen molar-refractivity contribution < 1.29 is 4.92 Å². The minimum atomic E-state index is -0.663. The first-order valence-corrected chi connectivity index (χ1v) is 6.11. The summed E-state index contributed by atoms with van der Waals surface area (Å²) < 4.78 is 2.85. The highest BCUT2D eigenvalue weighted by atomic mass is 16.6. The van der Waals surface area contributed by atoms with Crippen LogP contribution in [0.2, 0.25) is 0 Å². The molecule has 0 spiro atoms. The maximum absolute atomic E-state index is 10.5. The second-order valence-electron chi connectivity index (χ2n) is 4.31. The summed E-state index contributed by atoms with van der Waals surface area (Å²) in [5.41, 5.74) is 1.88. The third kappa shape index (κ3) is 2.63. The van der Waals surface area contributed by atoms with E-state index in [2.05, 4.69) is 20.4 Å². The highest BCUT2D eigenvalue weighted by molar-refractivity contribution is 5.38. The molecule has 0 amide bonds. The van der Waals surface area contributed by atoms with Crippen molar-refractivity contribution in [1.29, 1.82) is 5.26 Å². The zero-order valence-corrected chi connectivity index (χ0v) is 11.1. The smallest absolute Gasteiger partial charge is 0.390 e. The van der Waals surface area contributed by atoms with Gasteiger partial charge in [-0.2, -0.15) is 9.94 Å². The molecule has 0 N–H and O–H groups in total. The van der Waals surface area contributed by atoms with Gasteiger partial charge in [-0.05, 0) is 29.2 Å². The Morgan fingerprint density at radius 2 is 2.09 bits per heavy atom.